The highest BCUT2D eigenvalue weighted by atomic mass is 16.2. The lowest BCUT2D eigenvalue weighted by atomic mass is 9.99. The monoisotopic (exact) mass is 373 g/mol. The molecule has 2 amide bonds. The van der Waals surface area contributed by atoms with Crippen molar-refractivity contribution in [2.75, 3.05) is 24.7 Å². The number of amides is 2. The number of rotatable bonds is 3. The Morgan fingerprint density at radius 2 is 1.68 bits per heavy atom. The molecule has 0 saturated carbocycles. The maximum atomic E-state index is 12.5. The van der Waals surface area contributed by atoms with E-state index in [0.29, 0.717) is 11.3 Å². The molecule has 0 radical (unpaired) electrons. The molecule has 7 nitrogen and oxygen atoms in total. The normalized spacial score (nSPS) is 14.7. The molecule has 0 atom stereocenters. The summed E-state index contributed by atoms with van der Waals surface area (Å²) >= 11 is 0. The number of hydrogen-bond donors (Lipinski definition) is 2. The maximum Gasteiger partial charge on any atom is 0.264 e. The SMILES string of the molecule is CN(C)c1ccc(/C=C2/C(=O)NC(=O)c3c2nn(-c2ccccc2)c3N)cc1. The van der Waals surface area contributed by atoms with Crippen LogP contribution in [0.5, 0.6) is 0 Å². The molecule has 2 heterocycles. The van der Waals surface area contributed by atoms with Gasteiger partial charge in [-0.05, 0) is 35.9 Å². The summed E-state index contributed by atoms with van der Waals surface area (Å²) in [6, 6.07) is 17.0. The molecule has 28 heavy (non-hydrogen) atoms. The van der Waals surface area contributed by atoms with Gasteiger partial charge in [0.2, 0.25) is 0 Å². The Balaban J connectivity index is 1.84. The zero-order chi connectivity index (χ0) is 19.8. The van der Waals surface area contributed by atoms with Crippen molar-refractivity contribution < 1.29 is 9.59 Å². The molecule has 0 fully saturated rings. The smallest absolute Gasteiger partial charge is 0.264 e. The van der Waals surface area contributed by atoms with Crippen LogP contribution in [0.1, 0.15) is 21.6 Å². The van der Waals surface area contributed by atoms with Crippen LogP contribution in [0.25, 0.3) is 17.3 Å². The van der Waals surface area contributed by atoms with E-state index in [0.717, 1.165) is 11.3 Å². The number of nitrogens with one attached hydrogen (secondary N) is 1. The van der Waals surface area contributed by atoms with E-state index >= 15 is 0 Å². The van der Waals surface area contributed by atoms with E-state index in [-0.39, 0.29) is 17.1 Å². The maximum absolute atomic E-state index is 12.5. The summed E-state index contributed by atoms with van der Waals surface area (Å²) in [4.78, 5) is 26.9. The van der Waals surface area contributed by atoms with Crippen LogP contribution in [0.2, 0.25) is 0 Å². The van der Waals surface area contributed by atoms with Crippen LogP contribution >= 0.6 is 0 Å². The average molecular weight is 373 g/mol. The fourth-order valence-electron chi connectivity index (χ4n) is 3.12. The second-order valence-electron chi connectivity index (χ2n) is 6.68. The Hall–Kier alpha value is -3.87. The van der Waals surface area contributed by atoms with Crippen LogP contribution < -0.4 is 16.0 Å². The van der Waals surface area contributed by atoms with Gasteiger partial charge in [-0.25, -0.2) is 4.68 Å². The van der Waals surface area contributed by atoms with Gasteiger partial charge in [-0.2, -0.15) is 5.10 Å². The summed E-state index contributed by atoms with van der Waals surface area (Å²) in [5.41, 5.74) is 9.57. The van der Waals surface area contributed by atoms with E-state index in [2.05, 4.69) is 10.4 Å². The highest BCUT2D eigenvalue weighted by molar-refractivity contribution is 6.34. The molecule has 3 N–H and O–H groups in total. The average Bonchev–Trinajstić information content (AvgIpc) is 3.04. The number of benzene rings is 2. The summed E-state index contributed by atoms with van der Waals surface area (Å²) in [6.45, 7) is 0. The van der Waals surface area contributed by atoms with Gasteiger partial charge >= 0.3 is 0 Å². The number of nitrogens with zero attached hydrogens (tertiary/aromatic N) is 3. The summed E-state index contributed by atoms with van der Waals surface area (Å²) in [5.74, 6) is -0.841. The van der Waals surface area contributed by atoms with Crippen molar-refractivity contribution >= 4 is 35.0 Å². The zero-order valence-electron chi connectivity index (χ0n) is 15.5. The molecule has 1 aliphatic rings. The predicted octanol–water partition coefficient (Wildman–Crippen LogP) is 2.33. The van der Waals surface area contributed by atoms with Gasteiger partial charge < -0.3 is 10.6 Å². The summed E-state index contributed by atoms with van der Waals surface area (Å²) in [6.07, 6.45) is 1.71. The first-order chi connectivity index (χ1) is 13.5. The van der Waals surface area contributed by atoms with E-state index in [1.807, 2.05) is 73.6 Å². The van der Waals surface area contributed by atoms with Crippen LogP contribution in [0, 0.1) is 0 Å². The molecular weight excluding hydrogens is 354 g/mol. The Labute approximate surface area is 162 Å². The van der Waals surface area contributed by atoms with E-state index in [4.69, 9.17) is 5.73 Å². The molecule has 0 aliphatic carbocycles. The number of carbonyl (C=O) groups is 2. The van der Waals surface area contributed by atoms with Crippen LogP contribution in [-0.2, 0) is 4.79 Å². The first kappa shape index (κ1) is 17.5. The molecule has 1 aliphatic heterocycles. The third-order valence-corrected chi connectivity index (χ3v) is 4.60. The third-order valence-electron chi connectivity index (χ3n) is 4.60. The number of anilines is 2. The van der Waals surface area contributed by atoms with Crippen molar-refractivity contribution in [3.63, 3.8) is 0 Å². The fraction of sp³-hybridized carbons (Fsp3) is 0.0952. The molecule has 2 aromatic carbocycles. The van der Waals surface area contributed by atoms with Gasteiger partial charge in [-0.3, -0.25) is 14.9 Å². The second kappa shape index (κ2) is 6.70. The topological polar surface area (TPSA) is 93.2 Å². The second-order valence-corrected chi connectivity index (χ2v) is 6.68. The Morgan fingerprint density at radius 3 is 2.32 bits per heavy atom. The van der Waals surface area contributed by atoms with Gasteiger partial charge in [0.1, 0.15) is 17.1 Å². The molecule has 0 saturated heterocycles. The quantitative estimate of drug-likeness (QED) is 0.543. The fourth-order valence-corrected chi connectivity index (χ4v) is 3.12. The molecule has 0 bridgehead atoms. The first-order valence-corrected chi connectivity index (χ1v) is 8.75. The van der Waals surface area contributed by atoms with Gasteiger partial charge in [0.05, 0.1) is 11.3 Å². The lowest BCUT2D eigenvalue weighted by Crippen LogP contribution is -2.36. The van der Waals surface area contributed by atoms with Gasteiger partial charge in [0, 0.05) is 19.8 Å². The number of hydrogen-bond acceptors (Lipinski definition) is 5. The highest BCUT2D eigenvalue weighted by Gasteiger charge is 2.34. The van der Waals surface area contributed by atoms with Crippen molar-refractivity contribution in [3.8, 4) is 5.69 Å². The minimum Gasteiger partial charge on any atom is -0.383 e. The lowest BCUT2D eigenvalue weighted by molar-refractivity contribution is -0.114. The number of para-hydroxylation sites is 1. The predicted molar refractivity (Wildman–Crippen MR) is 109 cm³/mol. The number of nitrogen functional groups attached to an aromatic ring is 1. The zero-order valence-corrected chi connectivity index (χ0v) is 15.5. The van der Waals surface area contributed by atoms with E-state index in [1.54, 1.807) is 6.08 Å². The van der Waals surface area contributed by atoms with Crippen LogP contribution in [0.4, 0.5) is 11.5 Å². The van der Waals surface area contributed by atoms with Gasteiger partial charge in [0.25, 0.3) is 11.8 Å². The molecular formula is C21H19N5O2. The summed E-state index contributed by atoms with van der Waals surface area (Å²) in [7, 11) is 3.91. The number of aromatic nitrogens is 2. The van der Waals surface area contributed by atoms with Crippen molar-refractivity contribution in [2.45, 2.75) is 0 Å². The number of nitrogens with two attached hydrogens (primary N) is 1. The van der Waals surface area contributed by atoms with E-state index in [9.17, 15) is 9.59 Å². The molecule has 1 aromatic heterocycles. The highest BCUT2D eigenvalue weighted by Crippen LogP contribution is 2.31. The Bertz CT molecular complexity index is 1100. The van der Waals surface area contributed by atoms with Gasteiger partial charge in [-0.15, -0.1) is 0 Å². The van der Waals surface area contributed by atoms with Crippen molar-refractivity contribution in [2.24, 2.45) is 0 Å². The third kappa shape index (κ3) is 2.92. The van der Waals surface area contributed by atoms with Gasteiger partial charge in [-0.1, -0.05) is 30.3 Å². The minimum absolute atomic E-state index is 0.194. The van der Waals surface area contributed by atoms with Crippen molar-refractivity contribution in [1.82, 2.24) is 15.1 Å². The standard InChI is InChI=1S/C21H19N5O2/c1-25(2)14-10-8-13(9-11-14)12-16-18-17(21(28)23-20(16)27)19(22)26(24-18)15-6-4-3-5-7-15/h3-12H,22H2,1-2H3,(H,23,27,28)/b16-12+. The van der Waals surface area contributed by atoms with Gasteiger partial charge in [0.15, 0.2) is 0 Å². The van der Waals surface area contributed by atoms with Crippen molar-refractivity contribution in [3.05, 3.63) is 71.4 Å². The molecule has 3 aromatic rings. The molecule has 0 unspecified atom stereocenters. The number of imide groups is 1. The Morgan fingerprint density at radius 1 is 1.00 bits per heavy atom. The Kier molecular flexibility index (Phi) is 4.19. The van der Waals surface area contributed by atoms with Crippen molar-refractivity contribution in [1.29, 1.82) is 0 Å². The molecule has 0 spiro atoms. The molecule has 4 rings (SSSR count). The van der Waals surface area contributed by atoms with E-state index in [1.165, 1.54) is 4.68 Å². The largest absolute Gasteiger partial charge is 0.383 e. The van der Waals surface area contributed by atoms with Crippen LogP contribution in [0.15, 0.2) is 54.6 Å². The molecule has 7 heteroatoms. The lowest BCUT2D eigenvalue weighted by Gasteiger charge is -2.14. The van der Waals surface area contributed by atoms with Crippen LogP contribution in [-0.4, -0.2) is 35.7 Å². The first-order valence-electron chi connectivity index (χ1n) is 8.75. The minimum atomic E-state index is -0.542. The number of carbonyl (C=O) groups excluding carboxylic acids is 2. The number of fused-ring (bicyclic) bond motifs is 1. The van der Waals surface area contributed by atoms with Crippen LogP contribution in [0.3, 0.4) is 0 Å². The molecule has 140 valence electrons. The summed E-state index contributed by atoms with van der Waals surface area (Å²) < 4.78 is 1.48. The summed E-state index contributed by atoms with van der Waals surface area (Å²) in [5, 5.41) is 6.83. The van der Waals surface area contributed by atoms with E-state index < -0.39 is 11.8 Å².